The molecule has 21 heavy (non-hydrogen) atoms. The van der Waals surface area contributed by atoms with Crippen molar-refractivity contribution in [1.82, 2.24) is 0 Å². The van der Waals surface area contributed by atoms with E-state index in [0.29, 0.717) is 16.9 Å². The van der Waals surface area contributed by atoms with Gasteiger partial charge in [0.05, 0.1) is 12.7 Å². The Hall–Kier alpha value is -2.49. The average Bonchev–Trinajstić information content (AvgIpc) is 2.48. The number of methoxy groups -OCH3 is 1. The van der Waals surface area contributed by atoms with Crippen LogP contribution in [0.4, 0.5) is 11.4 Å². The number of nitrogens with one attached hydrogen (secondary N) is 1. The molecule has 0 aliphatic heterocycles. The van der Waals surface area contributed by atoms with E-state index in [1.807, 2.05) is 12.1 Å². The Balaban J connectivity index is 2.31. The van der Waals surface area contributed by atoms with Crippen molar-refractivity contribution in [1.29, 1.82) is 0 Å². The Labute approximate surface area is 124 Å². The van der Waals surface area contributed by atoms with Crippen molar-refractivity contribution in [3.05, 3.63) is 59.2 Å². The first-order chi connectivity index (χ1) is 10.0. The second-order valence-electron chi connectivity index (χ2n) is 5.02. The molecule has 2 aromatic carbocycles. The van der Waals surface area contributed by atoms with Gasteiger partial charge in [-0.1, -0.05) is 24.3 Å². The number of benzene rings is 2. The minimum Gasteiger partial charge on any atom is -0.465 e. The molecule has 0 aromatic heterocycles. The summed E-state index contributed by atoms with van der Waals surface area (Å²) in [6.45, 7) is 4.12. The number of rotatable bonds is 4. The molecular formula is C17H20N2O2. The minimum atomic E-state index is -0.401. The van der Waals surface area contributed by atoms with Gasteiger partial charge < -0.3 is 15.8 Å². The van der Waals surface area contributed by atoms with Crippen LogP contribution >= 0.6 is 0 Å². The number of aryl methyl sites for hydroxylation is 1. The van der Waals surface area contributed by atoms with E-state index in [1.54, 1.807) is 18.2 Å². The molecular weight excluding hydrogens is 264 g/mol. The number of ether oxygens (including phenoxy) is 1. The van der Waals surface area contributed by atoms with Crippen molar-refractivity contribution < 1.29 is 9.53 Å². The van der Waals surface area contributed by atoms with Gasteiger partial charge in [-0.25, -0.2) is 4.79 Å². The number of hydrogen-bond donors (Lipinski definition) is 2. The van der Waals surface area contributed by atoms with E-state index in [2.05, 4.69) is 31.3 Å². The van der Waals surface area contributed by atoms with E-state index in [0.717, 1.165) is 0 Å². The molecule has 4 nitrogen and oxygen atoms in total. The summed E-state index contributed by atoms with van der Waals surface area (Å²) in [6, 6.07) is 13.4. The molecule has 0 amide bonds. The molecule has 0 bridgehead atoms. The first kappa shape index (κ1) is 14.9. The summed E-state index contributed by atoms with van der Waals surface area (Å²) in [6.07, 6.45) is 0. The summed E-state index contributed by atoms with van der Waals surface area (Å²) in [4.78, 5) is 11.9. The predicted molar refractivity (Wildman–Crippen MR) is 85.4 cm³/mol. The Kier molecular flexibility index (Phi) is 4.48. The second-order valence-corrected chi connectivity index (χ2v) is 5.02. The van der Waals surface area contributed by atoms with E-state index in [1.165, 1.54) is 18.2 Å². The monoisotopic (exact) mass is 284 g/mol. The zero-order chi connectivity index (χ0) is 15.4. The zero-order valence-corrected chi connectivity index (χ0v) is 12.5. The van der Waals surface area contributed by atoms with Gasteiger partial charge >= 0.3 is 5.97 Å². The summed E-state index contributed by atoms with van der Waals surface area (Å²) in [5.41, 5.74) is 9.83. The van der Waals surface area contributed by atoms with Crippen LogP contribution in [0, 0.1) is 6.92 Å². The van der Waals surface area contributed by atoms with Crippen LogP contribution < -0.4 is 11.1 Å². The van der Waals surface area contributed by atoms with Crippen LogP contribution in [0.3, 0.4) is 0 Å². The Morgan fingerprint density at radius 3 is 2.62 bits per heavy atom. The highest BCUT2D eigenvalue weighted by atomic mass is 16.5. The number of esters is 1. The molecule has 0 spiro atoms. The number of hydrogen-bond acceptors (Lipinski definition) is 4. The standard InChI is InChI=1S/C17H20N2O2/c1-11-6-4-5-7-14(11)12(2)19-16-9-8-13(18)10-15(16)17(20)21-3/h4-10,12,19H,18H2,1-3H3. The van der Waals surface area contributed by atoms with Gasteiger partial charge in [-0.15, -0.1) is 0 Å². The van der Waals surface area contributed by atoms with Gasteiger partial charge in [0.2, 0.25) is 0 Å². The van der Waals surface area contributed by atoms with E-state index in [4.69, 9.17) is 10.5 Å². The maximum Gasteiger partial charge on any atom is 0.340 e. The SMILES string of the molecule is COC(=O)c1cc(N)ccc1NC(C)c1ccccc1C. The van der Waals surface area contributed by atoms with Crippen LogP contribution in [-0.4, -0.2) is 13.1 Å². The van der Waals surface area contributed by atoms with E-state index in [-0.39, 0.29) is 6.04 Å². The largest absolute Gasteiger partial charge is 0.465 e. The molecule has 0 aliphatic carbocycles. The van der Waals surface area contributed by atoms with Crippen molar-refractivity contribution in [2.24, 2.45) is 0 Å². The molecule has 110 valence electrons. The van der Waals surface area contributed by atoms with Gasteiger partial charge in [-0.3, -0.25) is 0 Å². The third-order valence-electron chi connectivity index (χ3n) is 3.48. The van der Waals surface area contributed by atoms with Gasteiger partial charge in [0.1, 0.15) is 0 Å². The molecule has 0 saturated carbocycles. The van der Waals surface area contributed by atoms with Crippen LogP contribution in [0.15, 0.2) is 42.5 Å². The molecule has 1 atom stereocenters. The maximum atomic E-state index is 11.9. The molecule has 0 saturated heterocycles. The number of nitrogen functional groups attached to an aromatic ring is 1. The average molecular weight is 284 g/mol. The molecule has 0 fully saturated rings. The first-order valence-electron chi connectivity index (χ1n) is 6.83. The number of anilines is 2. The lowest BCUT2D eigenvalue weighted by Crippen LogP contribution is -2.13. The Morgan fingerprint density at radius 2 is 1.95 bits per heavy atom. The molecule has 3 N–H and O–H groups in total. The molecule has 4 heteroatoms. The van der Waals surface area contributed by atoms with Crippen LogP contribution in [0.2, 0.25) is 0 Å². The van der Waals surface area contributed by atoms with Crippen molar-refractivity contribution in [2.75, 3.05) is 18.2 Å². The van der Waals surface area contributed by atoms with Crippen LogP contribution in [0.25, 0.3) is 0 Å². The van der Waals surface area contributed by atoms with E-state index < -0.39 is 5.97 Å². The van der Waals surface area contributed by atoms with Crippen molar-refractivity contribution in [3.8, 4) is 0 Å². The number of carbonyl (C=O) groups excluding carboxylic acids is 1. The number of carbonyl (C=O) groups is 1. The highest BCUT2D eigenvalue weighted by Crippen LogP contribution is 2.26. The van der Waals surface area contributed by atoms with E-state index >= 15 is 0 Å². The van der Waals surface area contributed by atoms with Gasteiger partial charge in [0.25, 0.3) is 0 Å². The van der Waals surface area contributed by atoms with Crippen LogP contribution in [-0.2, 0) is 4.74 Å². The van der Waals surface area contributed by atoms with Crippen LogP contribution in [0.5, 0.6) is 0 Å². The summed E-state index contributed by atoms with van der Waals surface area (Å²) in [5, 5.41) is 3.35. The summed E-state index contributed by atoms with van der Waals surface area (Å²) < 4.78 is 4.81. The Morgan fingerprint density at radius 1 is 1.24 bits per heavy atom. The fourth-order valence-electron chi connectivity index (χ4n) is 2.35. The molecule has 2 rings (SSSR count). The maximum absolute atomic E-state index is 11.9. The minimum absolute atomic E-state index is 0.0678. The fourth-order valence-corrected chi connectivity index (χ4v) is 2.35. The smallest absolute Gasteiger partial charge is 0.340 e. The van der Waals surface area contributed by atoms with Gasteiger partial charge in [-0.2, -0.15) is 0 Å². The Bertz CT molecular complexity index is 653. The molecule has 0 heterocycles. The normalized spacial score (nSPS) is 11.8. The van der Waals surface area contributed by atoms with Crippen LogP contribution in [0.1, 0.15) is 34.5 Å². The lowest BCUT2D eigenvalue weighted by molar-refractivity contribution is 0.0602. The summed E-state index contributed by atoms with van der Waals surface area (Å²) >= 11 is 0. The third-order valence-corrected chi connectivity index (χ3v) is 3.48. The summed E-state index contributed by atoms with van der Waals surface area (Å²) in [7, 11) is 1.36. The topological polar surface area (TPSA) is 64.3 Å². The quantitative estimate of drug-likeness (QED) is 0.666. The van der Waals surface area contributed by atoms with Gasteiger partial charge in [0, 0.05) is 17.4 Å². The first-order valence-corrected chi connectivity index (χ1v) is 6.83. The lowest BCUT2D eigenvalue weighted by Gasteiger charge is -2.19. The van der Waals surface area contributed by atoms with Crippen molar-refractivity contribution in [3.63, 3.8) is 0 Å². The zero-order valence-electron chi connectivity index (χ0n) is 12.5. The highest BCUT2D eigenvalue weighted by Gasteiger charge is 2.15. The van der Waals surface area contributed by atoms with Crippen molar-refractivity contribution in [2.45, 2.75) is 19.9 Å². The molecule has 2 aromatic rings. The van der Waals surface area contributed by atoms with Crippen molar-refractivity contribution >= 4 is 17.3 Å². The number of nitrogens with two attached hydrogens (primary N) is 1. The van der Waals surface area contributed by atoms with E-state index in [9.17, 15) is 4.79 Å². The third kappa shape index (κ3) is 3.34. The lowest BCUT2D eigenvalue weighted by atomic mass is 10.0. The molecule has 0 aliphatic rings. The summed E-state index contributed by atoms with van der Waals surface area (Å²) in [5.74, 6) is -0.401. The second kappa shape index (κ2) is 6.31. The highest BCUT2D eigenvalue weighted by molar-refractivity contribution is 5.96. The van der Waals surface area contributed by atoms with Gasteiger partial charge in [0.15, 0.2) is 0 Å². The molecule has 0 radical (unpaired) electrons. The van der Waals surface area contributed by atoms with Gasteiger partial charge in [-0.05, 0) is 43.2 Å². The fraction of sp³-hybridized carbons (Fsp3) is 0.235. The molecule has 1 unspecified atom stereocenters. The predicted octanol–water partition coefficient (Wildman–Crippen LogP) is 3.54.